The molecule has 0 aliphatic carbocycles. The van der Waals surface area contributed by atoms with Crippen LogP contribution in [0.5, 0.6) is 0 Å². The summed E-state index contributed by atoms with van der Waals surface area (Å²) in [5.74, 6) is 0.126. The van der Waals surface area contributed by atoms with E-state index in [2.05, 4.69) is 11.9 Å². The molecule has 2 rings (SSSR count). The monoisotopic (exact) mass is 269 g/mol. The minimum atomic E-state index is 0.126. The molecule has 0 saturated carbocycles. The van der Waals surface area contributed by atoms with Gasteiger partial charge in [0.15, 0.2) is 12.4 Å². The minimum Gasteiger partial charge on any atom is -0.287 e. The number of benzene rings is 1. The quantitative estimate of drug-likeness (QED) is 0.440. The maximum atomic E-state index is 12.1. The normalized spacial score (nSPS) is 10.4. The zero-order valence-corrected chi connectivity index (χ0v) is 12.0. The van der Waals surface area contributed by atoms with Gasteiger partial charge in [-0.3, -0.25) is 4.79 Å². The molecule has 104 valence electrons. The van der Waals surface area contributed by atoms with Crippen LogP contribution < -0.4 is 4.57 Å². The van der Waals surface area contributed by atoms with Gasteiger partial charge in [-0.2, -0.15) is 4.57 Å². The molecule has 3 heteroatoms. The molecule has 0 amide bonds. The second kappa shape index (κ2) is 7.53. The Kier molecular flexibility index (Phi) is 5.42. The van der Waals surface area contributed by atoms with Gasteiger partial charge in [-0.15, -0.1) is 0 Å². The predicted octanol–water partition coefficient (Wildman–Crippen LogP) is 2.98. The fourth-order valence-electron chi connectivity index (χ4n) is 2.15. The summed E-state index contributed by atoms with van der Waals surface area (Å²) in [6, 6.07) is 9.40. The summed E-state index contributed by atoms with van der Waals surface area (Å²) in [5.41, 5.74) is 1.81. The van der Waals surface area contributed by atoms with Gasteiger partial charge in [-0.25, -0.2) is 4.98 Å². The first-order chi connectivity index (χ1) is 9.79. The van der Waals surface area contributed by atoms with Gasteiger partial charge in [0, 0.05) is 5.56 Å². The lowest BCUT2D eigenvalue weighted by atomic mass is 10.1. The number of hydrogen-bond acceptors (Lipinski definition) is 2. The van der Waals surface area contributed by atoms with E-state index in [-0.39, 0.29) is 5.78 Å². The third kappa shape index (κ3) is 4.26. The third-order valence-electron chi connectivity index (χ3n) is 3.27. The first-order valence-electron chi connectivity index (χ1n) is 7.22. The topological polar surface area (TPSA) is 33.8 Å². The van der Waals surface area contributed by atoms with Crippen molar-refractivity contribution in [3.05, 3.63) is 60.2 Å². The van der Waals surface area contributed by atoms with Crippen molar-refractivity contribution in [2.24, 2.45) is 0 Å². The summed E-state index contributed by atoms with van der Waals surface area (Å²) in [6.07, 6.45) is 10.2. The van der Waals surface area contributed by atoms with Crippen molar-refractivity contribution in [3.63, 3.8) is 0 Å². The van der Waals surface area contributed by atoms with Crippen molar-refractivity contribution in [2.75, 3.05) is 0 Å². The molecule has 20 heavy (non-hydrogen) atoms. The van der Waals surface area contributed by atoms with Crippen molar-refractivity contribution >= 4 is 5.78 Å². The summed E-state index contributed by atoms with van der Waals surface area (Å²) >= 11 is 0. The number of carbonyl (C=O) groups is 1. The third-order valence-corrected chi connectivity index (χ3v) is 3.27. The number of carbonyl (C=O) groups excluding carboxylic acids is 1. The van der Waals surface area contributed by atoms with Gasteiger partial charge in [0.1, 0.15) is 5.69 Å². The van der Waals surface area contributed by atoms with Gasteiger partial charge in [0.25, 0.3) is 0 Å². The Morgan fingerprint density at radius 3 is 2.75 bits per heavy atom. The molecule has 0 unspecified atom stereocenters. The van der Waals surface area contributed by atoms with E-state index in [1.807, 2.05) is 47.3 Å². The van der Waals surface area contributed by atoms with E-state index < -0.39 is 0 Å². The fourth-order valence-corrected chi connectivity index (χ4v) is 2.15. The Morgan fingerprint density at radius 2 is 2.00 bits per heavy atom. The van der Waals surface area contributed by atoms with Crippen LogP contribution in [0.25, 0.3) is 0 Å². The van der Waals surface area contributed by atoms with Crippen molar-refractivity contribution in [1.29, 1.82) is 0 Å². The van der Waals surface area contributed by atoms with E-state index in [9.17, 15) is 4.79 Å². The molecule has 0 aliphatic rings. The molecule has 0 saturated heterocycles. The van der Waals surface area contributed by atoms with E-state index in [0.29, 0.717) is 6.54 Å². The molecule has 0 atom stereocenters. The lowest BCUT2D eigenvalue weighted by Gasteiger charge is -2.00. The Balaban J connectivity index is 1.99. The zero-order valence-electron chi connectivity index (χ0n) is 12.0. The average Bonchev–Trinajstić information content (AvgIpc) is 2.49. The smallest absolute Gasteiger partial charge is 0.227 e. The van der Waals surface area contributed by atoms with E-state index in [1.165, 1.54) is 12.8 Å². The number of rotatable bonds is 7. The Bertz CT molecular complexity index is 552. The van der Waals surface area contributed by atoms with Crippen LogP contribution in [0.1, 0.15) is 42.2 Å². The van der Waals surface area contributed by atoms with Gasteiger partial charge < -0.3 is 0 Å². The number of unbranched alkanes of at least 4 members (excludes halogenated alkanes) is 2. The number of Topliss-reactive ketones (excluding diaryl/α,β-unsaturated/α-hetero) is 1. The average molecular weight is 269 g/mol. The van der Waals surface area contributed by atoms with Gasteiger partial charge >= 0.3 is 0 Å². The Hall–Kier alpha value is -2.03. The van der Waals surface area contributed by atoms with Gasteiger partial charge in [-0.05, 0) is 12.8 Å². The van der Waals surface area contributed by atoms with Gasteiger partial charge in [0.2, 0.25) is 12.3 Å². The van der Waals surface area contributed by atoms with E-state index in [1.54, 1.807) is 6.20 Å². The highest BCUT2D eigenvalue weighted by molar-refractivity contribution is 5.94. The number of hydrogen-bond donors (Lipinski definition) is 0. The molecule has 3 nitrogen and oxygen atoms in total. The number of ketones is 1. The van der Waals surface area contributed by atoms with Crippen LogP contribution in [0.4, 0.5) is 0 Å². The lowest BCUT2D eigenvalue weighted by molar-refractivity contribution is -0.684. The van der Waals surface area contributed by atoms with Crippen LogP contribution in [0, 0.1) is 0 Å². The fraction of sp³-hybridized carbons (Fsp3) is 0.353. The lowest BCUT2D eigenvalue weighted by Crippen LogP contribution is -2.38. The number of aromatic nitrogens is 2. The molecule has 0 fully saturated rings. The zero-order chi connectivity index (χ0) is 14.2. The van der Waals surface area contributed by atoms with Crippen molar-refractivity contribution in [2.45, 2.75) is 39.2 Å². The summed E-state index contributed by atoms with van der Waals surface area (Å²) < 4.78 is 1.92. The summed E-state index contributed by atoms with van der Waals surface area (Å²) in [7, 11) is 0. The highest BCUT2D eigenvalue weighted by Gasteiger charge is 2.12. The van der Waals surface area contributed by atoms with Crippen molar-refractivity contribution in [3.8, 4) is 0 Å². The Labute approximate surface area is 120 Å². The van der Waals surface area contributed by atoms with Crippen LogP contribution in [-0.2, 0) is 13.0 Å². The molecule has 0 spiro atoms. The molecule has 0 N–H and O–H groups in total. The molecule has 1 heterocycles. The highest BCUT2D eigenvalue weighted by Crippen LogP contribution is 2.02. The van der Waals surface area contributed by atoms with Crippen LogP contribution in [0.15, 0.2) is 48.9 Å². The van der Waals surface area contributed by atoms with Crippen molar-refractivity contribution < 1.29 is 9.36 Å². The molecule has 0 aliphatic heterocycles. The van der Waals surface area contributed by atoms with E-state index in [0.717, 1.165) is 24.1 Å². The van der Waals surface area contributed by atoms with E-state index >= 15 is 0 Å². The van der Waals surface area contributed by atoms with Crippen LogP contribution in [0.2, 0.25) is 0 Å². The standard InChI is InChI=1S/C17H21N2O/c1-2-3-5-10-16-13-19(12-11-18-16)14-17(20)15-8-6-4-7-9-15/h4,6-9,11-13H,2-3,5,10,14H2,1H3/q+1. The predicted molar refractivity (Wildman–Crippen MR) is 78.4 cm³/mol. The van der Waals surface area contributed by atoms with Crippen molar-refractivity contribution in [1.82, 2.24) is 4.98 Å². The SMILES string of the molecule is CCCCCc1c[n+](CC(=O)c2ccccc2)ccn1. The second-order valence-electron chi connectivity index (χ2n) is 4.97. The molecule has 2 aromatic rings. The number of nitrogens with zero attached hydrogens (tertiary/aromatic N) is 2. The van der Waals surface area contributed by atoms with Crippen LogP contribution >= 0.6 is 0 Å². The summed E-state index contributed by atoms with van der Waals surface area (Å²) in [5, 5.41) is 0. The highest BCUT2D eigenvalue weighted by atomic mass is 16.1. The van der Waals surface area contributed by atoms with Crippen LogP contribution in [-0.4, -0.2) is 10.8 Å². The van der Waals surface area contributed by atoms with Gasteiger partial charge in [0.05, 0.1) is 6.20 Å². The van der Waals surface area contributed by atoms with Gasteiger partial charge in [-0.1, -0.05) is 50.1 Å². The summed E-state index contributed by atoms with van der Waals surface area (Å²) in [4.78, 5) is 16.5. The van der Waals surface area contributed by atoms with Crippen LogP contribution in [0.3, 0.4) is 0 Å². The molecule has 1 aromatic heterocycles. The molecule has 0 radical (unpaired) electrons. The molecular weight excluding hydrogens is 248 g/mol. The first-order valence-corrected chi connectivity index (χ1v) is 7.22. The van der Waals surface area contributed by atoms with E-state index in [4.69, 9.17) is 0 Å². The second-order valence-corrected chi connectivity index (χ2v) is 4.97. The summed E-state index contributed by atoms with van der Waals surface area (Å²) in [6.45, 7) is 2.56. The molecule has 1 aromatic carbocycles. The number of aryl methyl sites for hydroxylation is 1. The Morgan fingerprint density at radius 1 is 1.20 bits per heavy atom. The maximum Gasteiger partial charge on any atom is 0.227 e. The maximum absolute atomic E-state index is 12.1. The minimum absolute atomic E-state index is 0.126. The molecular formula is C17H21N2O+. The first kappa shape index (κ1) is 14.4. The molecule has 0 bridgehead atoms. The largest absolute Gasteiger partial charge is 0.287 e.